The summed E-state index contributed by atoms with van der Waals surface area (Å²) < 4.78 is 0. The van der Waals surface area contributed by atoms with Gasteiger partial charge >= 0.3 is 6.03 Å². The molecular formula is C16H33ClN4O2. The summed E-state index contributed by atoms with van der Waals surface area (Å²) in [6.07, 6.45) is 1.52. The lowest BCUT2D eigenvalue weighted by atomic mass is 9.81. The van der Waals surface area contributed by atoms with Gasteiger partial charge in [0.25, 0.3) is 0 Å². The largest absolute Gasteiger partial charge is 0.339 e. The summed E-state index contributed by atoms with van der Waals surface area (Å²) in [6.45, 7) is 12.3. The number of nitrogens with zero attached hydrogens (tertiary/aromatic N) is 3. The molecular weight excluding hydrogens is 316 g/mol. The van der Waals surface area contributed by atoms with E-state index in [4.69, 9.17) is 5.73 Å². The molecule has 0 aromatic rings. The van der Waals surface area contributed by atoms with Gasteiger partial charge in [-0.05, 0) is 26.7 Å². The summed E-state index contributed by atoms with van der Waals surface area (Å²) >= 11 is 0. The van der Waals surface area contributed by atoms with E-state index in [1.54, 1.807) is 0 Å². The highest BCUT2D eigenvalue weighted by atomic mass is 35.5. The zero-order chi connectivity index (χ0) is 16.8. The Morgan fingerprint density at radius 3 is 1.74 bits per heavy atom. The van der Waals surface area contributed by atoms with Gasteiger partial charge < -0.3 is 20.4 Å². The standard InChI is InChI=1S/C16H32N4O2.ClH/c1-5-16(6-2,13-17)14(21)19-9-11-20(12-10-19)15(22)18(7-3)8-4;/h5-13,17H2,1-4H3;1H. The lowest BCUT2D eigenvalue weighted by Crippen LogP contribution is -2.57. The van der Waals surface area contributed by atoms with Crippen LogP contribution < -0.4 is 5.73 Å². The molecule has 1 heterocycles. The molecule has 6 nitrogen and oxygen atoms in total. The van der Waals surface area contributed by atoms with E-state index in [-0.39, 0.29) is 24.3 Å². The Balaban J connectivity index is 0.00000484. The first-order chi connectivity index (χ1) is 10.5. The number of carbonyl (C=O) groups excluding carboxylic acids is 2. The Hall–Kier alpha value is -1.01. The number of urea groups is 1. The molecule has 0 spiro atoms. The molecule has 0 aliphatic carbocycles. The third-order valence-electron chi connectivity index (χ3n) is 5.07. The molecule has 0 unspecified atom stereocenters. The van der Waals surface area contributed by atoms with E-state index in [0.29, 0.717) is 32.7 Å². The van der Waals surface area contributed by atoms with Crippen molar-refractivity contribution in [2.24, 2.45) is 11.1 Å². The predicted molar refractivity (Wildman–Crippen MR) is 95.8 cm³/mol. The van der Waals surface area contributed by atoms with Crippen LogP contribution in [0.15, 0.2) is 0 Å². The fourth-order valence-electron chi connectivity index (χ4n) is 3.06. The van der Waals surface area contributed by atoms with Crippen molar-refractivity contribution in [3.05, 3.63) is 0 Å². The van der Waals surface area contributed by atoms with E-state index in [0.717, 1.165) is 25.9 Å². The number of amides is 3. The zero-order valence-corrected chi connectivity index (χ0v) is 15.8. The first-order valence-corrected chi connectivity index (χ1v) is 8.52. The maximum absolute atomic E-state index is 12.8. The third-order valence-corrected chi connectivity index (χ3v) is 5.07. The van der Waals surface area contributed by atoms with Crippen LogP contribution in [0.1, 0.15) is 40.5 Å². The summed E-state index contributed by atoms with van der Waals surface area (Å²) in [4.78, 5) is 30.6. The topological polar surface area (TPSA) is 69.9 Å². The second-order valence-corrected chi connectivity index (χ2v) is 5.93. The molecule has 3 amide bonds. The molecule has 1 fully saturated rings. The van der Waals surface area contributed by atoms with Crippen molar-refractivity contribution in [1.82, 2.24) is 14.7 Å². The number of halogens is 1. The van der Waals surface area contributed by atoms with Crippen LogP contribution in [-0.2, 0) is 4.79 Å². The van der Waals surface area contributed by atoms with E-state index in [1.807, 2.05) is 42.4 Å². The first kappa shape index (κ1) is 22.0. The molecule has 136 valence electrons. The molecule has 0 saturated carbocycles. The summed E-state index contributed by atoms with van der Waals surface area (Å²) in [6, 6.07) is 0.0770. The molecule has 2 N–H and O–H groups in total. The highest BCUT2D eigenvalue weighted by Crippen LogP contribution is 2.28. The van der Waals surface area contributed by atoms with Gasteiger partial charge in [0.2, 0.25) is 5.91 Å². The van der Waals surface area contributed by atoms with Crippen LogP contribution in [0.25, 0.3) is 0 Å². The summed E-state index contributed by atoms with van der Waals surface area (Å²) in [7, 11) is 0. The smallest absolute Gasteiger partial charge is 0.320 e. The van der Waals surface area contributed by atoms with Gasteiger partial charge in [-0.15, -0.1) is 12.4 Å². The second kappa shape index (κ2) is 9.98. The Morgan fingerprint density at radius 2 is 1.39 bits per heavy atom. The van der Waals surface area contributed by atoms with Gasteiger partial charge in [0.05, 0.1) is 5.41 Å². The van der Waals surface area contributed by atoms with Gasteiger partial charge in [-0.2, -0.15) is 0 Å². The van der Waals surface area contributed by atoms with Gasteiger partial charge in [-0.25, -0.2) is 4.79 Å². The number of rotatable bonds is 6. The number of carbonyl (C=O) groups is 2. The molecule has 1 aliphatic rings. The monoisotopic (exact) mass is 348 g/mol. The van der Waals surface area contributed by atoms with Crippen LogP contribution in [0.3, 0.4) is 0 Å². The number of nitrogens with two attached hydrogens (primary N) is 1. The van der Waals surface area contributed by atoms with Crippen molar-refractivity contribution in [1.29, 1.82) is 0 Å². The van der Waals surface area contributed by atoms with Crippen molar-refractivity contribution < 1.29 is 9.59 Å². The minimum absolute atomic E-state index is 0. The lowest BCUT2D eigenvalue weighted by Gasteiger charge is -2.41. The molecule has 0 bridgehead atoms. The Bertz CT molecular complexity index is 368. The van der Waals surface area contributed by atoms with E-state index < -0.39 is 5.41 Å². The van der Waals surface area contributed by atoms with E-state index in [9.17, 15) is 9.59 Å². The summed E-state index contributed by atoms with van der Waals surface area (Å²) in [5, 5.41) is 0. The molecule has 1 rings (SSSR count). The van der Waals surface area contributed by atoms with Crippen LogP contribution in [0.2, 0.25) is 0 Å². The van der Waals surface area contributed by atoms with Crippen LogP contribution in [0, 0.1) is 5.41 Å². The molecule has 1 aliphatic heterocycles. The zero-order valence-electron chi connectivity index (χ0n) is 15.0. The first-order valence-electron chi connectivity index (χ1n) is 8.52. The van der Waals surface area contributed by atoms with Crippen molar-refractivity contribution in [2.45, 2.75) is 40.5 Å². The lowest BCUT2D eigenvalue weighted by molar-refractivity contribution is -0.143. The average molecular weight is 349 g/mol. The van der Waals surface area contributed by atoms with E-state index in [1.165, 1.54) is 0 Å². The minimum Gasteiger partial charge on any atom is -0.339 e. The molecule has 0 atom stereocenters. The van der Waals surface area contributed by atoms with Crippen LogP contribution >= 0.6 is 12.4 Å². The van der Waals surface area contributed by atoms with Crippen molar-refractivity contribution in [3.63, 3.8) is 0 Å². The van der Waals surface area contributed by atoms with Crippen molar-refractivity contribution in [2.75, 3.05) is 45.8 Å². The van der Waals surface area contributed by atoms with E-state index >= 15 is 0 Å². The van der Waals surface area contributed by atoms with Gasteiger partial charge in [-0.1, -0.05) is 13.8 Å². The Morgan fingerprint density at radius 1 is 0.957 bits per heavy atom. The van der Waals surface area contributed by atoms with Gasteiger partial charge in [-0.3, -0.25) is 4.79 Å². The third kappa shape index (κ3) is 4.73. The number of hydrogen-bond acceptors (Lipinski definition) is 3. The van der Waals surface area contributed by atoms with E-state index in [2.05, 4.69) is 0 Å². The predicted octanol–water partition coefficient (Wildman–Crippen LogP) is 1.78. The van der Waals surface area contributed by atoms with Gasteiger partial charge in [0, 0.05) is 45.8 Å². The van der Waals surface area contributed by atoms with Crippen LogP contribution in [0.5, 0.6) is 0 Å². The van der Waals surface area contributed by atoms with Crippen LogP contribution in [0.4, 0.5) is 4.79 Å². The maximum Gasteiger partial charge on any atom is 0.320 e. The molecule has 23 heavy (non-hydrogen) atoms. The highest BCUT2D eigenvalue weighted by molar-refractivity contribution is 5.85. The fourth-order valence-corrected chi connectivity index (χ4v) is 3.06. The molecule has 0 aromatic heterocycles. The molecule has 7 heteroatoms. The van der Waals surface area contributed by atoms with Gasteiger partial charge in [0.1, 0.15) is 0 Å². The minimum atomic E-state index is -0.439. The fraction of sp³-hybridized carbons (Fsp3) is 0.875. The van der Waals surface area contributed by atoms with Gasteiger partial charge in [0.15, 0.2) is 0 Å². The van der Waals surface area contributed by atoms with Crippen LogP contribution in [-0.4, -0.2) is 72.5 Å². The average Bonchev–Trinajstić information content (AvgIpc) is 2.58. The second-order valence-electron chi connectivity index (χ2n) is 5.93. The molecule has 0 radical (unpaired) electrons. The normalized spacial score (nSPS) is 15.2. The SMILES string of the molecule is CCN(CC)C(=O)N1CCN(C(=O)C(CC)(CC)CN)CC1.Cl. The molecule has 0 aromatic carbocycles. The summed E-state index contributed by atoms with van der Waals surface area (Å²) in [5.74, 6) is 0.148. The van der Waals surface area contributed by atoms with Crippen molar-refractivity contribution >= 4 is 24.3 Å². The van der Waals surface area contributed by atoms with Crippen molar-refractivity contribution in [3.8, 4) is 0 Å². The number of hydrogen-bond donors (Lipinski definition) is 1. The summed E-state index contributed by atoms with van der Waals surface area (Å²) in [5.41, 5.74) is 5.43. The highest BCUT2D eigenvalue weighted by Gasteiger charge is 2.38. The Kier molecular flexibility index (Phi) is 9.54. The quantitative estimate of drug-likeness (QED) is 0.795. The number of piperazine rings is 1. The molecule has 1 saturated heterocycles. The maximum atomic E-state index is 12.8. The Labute approximate surface area is 146 Å².